The summed E-state index contributed by atoms with van der Waals surface area (Å²) < 4.78 is 68.2. The Morgan fingerprint density at radius 3 is 0.807 bits per heavy atom. The summed E-state index contributed by atoms with van der Waals surface area (Å²) in [7, 11) is -9.90. The van der Waals surface area contributed by atoms with Crippen LogP contribution in [0.1, 0.15) is 338 Å². The number of carbonyl (C=O) groups excluding carboxylic acids is 4. The fraction of sp³-hybridized carbons (Fsp3) is 0.942. The van der Waals surface area contributed by atoms with Crippen molar-refractivity contribution in [2.75, 3.05) is 39.6 Å². The maximum absolute atomic E-state index is 13.0. The number of esters is 4. The molecule has 17 nitrogen and oxygen atoms in total. The third-order valence-electron chi connectivity index (χ3n) is 16.2. The lowest BCUT2D eigenvalue weighted by atomic mass is 10.00. The van der Waals surface area contributed by atoms with Crippen LogP contribution in [0.4, 0.5) is 0 Å². The zero-order valence-electron chi connectivity index (χ0n) is 57.3. The van der Waals surface area contributed by atoms with Crippen LogP contribution in [0.15, 0.2) is 0 Å². The molecule has 0 aromatic rings. The largest absolute Gasteiger partial charge is 0.472 e. The Morgan fingerprint density at radius 2 is 0.545 bits per heavy atom. The Bertz CT molecular complexity index is 1750. The Hall–Kier alpha value is -1.94. The molecule has 0 aromatic carbocycles. The van der Waals surface area contributed by atoms with E-state index in [1.807, 2.05) is 0 Å². The molecule has 0 amide bonds. The van der Waals surface area contributed by atoms with Crippen molar-refractivity contribution in [1.82, 2.24) is 0 Å². The number of hydrogen-bond donors (Lipinski definition) is 3. The lowest BCUT2D eigenvalue weighted by molar-refractivity contribution is -0.161. The van der Waals surface area contributed by atoms with E-state index in [0.29, 0.717) is 31.6 Å². The summed E-state index contributed by atoms with van der Waals surface area (Å²) in [5.41, 5.74) is 0. The molecule has 0 heterocycles. The van der Waals surface area contributed by atoms with Crippen LogP contribution in [0.5, 0.6) is 0 Å². The summed E-state index contributed by atoms with van der Waals surface area (Å²) in [6.07, 6.45) is 40.4. The van der Waals surface area contributed by atoms with Crippen molar-refractivity contribution in [3.05, 3.63) is 0 Å². The summed E-state index contributed by atoms with van der Waals surface area (Å²) >= 11 is 0. The molecule has 0 rings (SSSR count). The Morgan fingerprint density at radius 1 is 0.318 bits per heavy atom. The minimum Gasteiger partial charge on any atom is -0.462 e. The van der Waals surface area contributed by atoms with Gasteiger partial charge in [-0.3, -0.25) is 37.3 Å². The second kappa shape index (κ2) is 58.8. The van der Waals surface area contributed by atoms with Gasteiger partial charge in [-0.15, -0.1) is 0 Å². The highest BCUT2D eigenvalue weighted by molar-refractivity contribution is 7.47. The molecule has 0 aliphatic carbocycles. The quantitative estimate of drug-likeness (QED) is 0.0222. The molecule has 3 unspecified atom stereocenters. The second-order valence-corrected chi connectivity index (χ2v) is 29.5. The average Bonchev–Trinajstić information content (AvgIpc) is 3.51. The Labute approximate surface area is 537 Å². The number of hydrogen-bond acceptors (Lipinski definition) is 15. The number of carbonyl (C=O) groups is 4. The third-order valence-corrected chi connectivity index (χ3v) is 18.1. The highest BCUT2D eigenvalue weighted by atomic mass is 31.2. The van der Waals surface area contributed by atoms with Crippen molar-refractivity contribution in [2.24, 2.45) is 23.7 Å². The summed E-state index contributed by atoms with van der Waals surface area (Å²) in [6.45, 7) is 14.0. The highest BCUT2D eigenvalue weighted by Gasteiger charge is 2.30. The van der Waals surface area contributed by atoms with E-state index in [1.165, 1.54) is 128 Å². The molecule has 0 aliphatic rings. The van der Waals surface area contributed by atoms with Gasteiger partial charge in [-0.05, 0) is 49.4 Å². The van der Waals surface area contributed by atoms with Gasteiger partial charge >= 0.3 is 39.5 Å². The van der Waals surface area contributed by atoms with Crippen LogP contribution in [0.3, 0.4) is 0 Å². The fourth-order valence-electron chi connectivity index (χ4n) is 10.3. The molecule has 0 saturated carbocycles. The van der Waals surface area contributed by atoms with Crippen molar-refractivity contribution < 1.29 is 80.2 Å². The SMILES string of the molecule is CCC(C)CCCCCCCCC(=O)OC[C@H](COP(=O)(O)OC[C@@H](O)COP(=O)(O)OC[C@@H](COC(=O)CCCCCCCCC(C)C)OC(=O)CCCCCCCCCCCCCCC(C)C)OC(=O)CCCCCCCCCCCCCC(C)C. The van der Waals surface area contributed by atoms with E-state index in [1.54, 1.807) is 0 Å². The van der Waals surface area contributed by atoms with Crippen LogP contribution in [-0.4, -0.2) is 96.7 Å². The van der Waals surface area contributed by atoms with Gasteiger partial charge in [-0.1, -0.05) is 287 Å². The smallest absolute Gasteiger partial charge is 0.462 e. The van der Waals surface area contributed by atoms with Gasteiger partial charge in [0, 0.05) is 25.7 Å². The van der Waals surface area contributed by atoms with Crippen molar-refractivity contribution >= 4 is 39.5 Å². The number of aliphatic hydroxyl groups is 1. The Balaban J connectivity index is 5.24. The summed E-state index contributed by atoms with van der Waals surface area (Å²) in [4.78, 5) is 72.4. The lowest BCUT2D eigenvalue weighted by Crippen LogP contribution is -2.30. The zero-order chi connectivity index (χ0) is 65.4. The number of unbranched alkanes of at least 4 members (excludes halogenated alkanes) is 31. The minimum atomic E-state index is -4.95. The van der Waals surface area contributed by atoms with Crippen LogP contribution in [-0.2, 0) is 65.4 Å². The van der Waals surface area contributed by atoms with Gasteiger partial charge in [0.1, 0.15) is 19.3 Å². The molecule has 6 atom stereocenters. The number of ether oxygens (including phenoxy) is 4. The van der Waals surface area contributed by atoms with E-state index in [0.717, 1.165) is 120 Å². The van der Waals surface area contributed by atoms with Crippen molar-refractivity contribution in [2.45, 2.75) is 356 Å². The van der Waals surface area contributed by atoms with Gasteiger partial charge < -0.3 is 33.8 Å². The van der Waals surface area contributed by atoms with E-state index >= 15 is 0 Å². The van der Waals surface area contributed by atoms with Crippen LogP contribution in [0, 0.1) is 23.7 Å². The summed E-state index contributed by atoms with van der Waals surface area (Å²) in [6, 6.07) is 0. The first-order valence-corrected chi connectivity index (χ1v) is 38.7. The van der Waals surface area contributed by atoms with E-state index in [4.69, 9.17) is 37.0 Å². The standard InChI is InChI=1S/C69H134O17P2/c1-9-62(8)48-40-32-26-28-34-42-50-67(72)80-56-65(86-69(74)52-44-36-24-20-16-12-14-18-22-30-38-46-60(4)5)58-84-88(77,78)82-54-63(70)53-81-87(75,76)83-57-64(55-79-66(71)49-41-33-27-25-31-39-47-61(6)7)85-68(73)51-43-35-23-19-15-11-10-13-17-21-29-37-45-59(2)3/h59-65,70H,9-58H2,1-8H3,(H,75,76)(H,77,78)/t62?,63-,64+,65+/m0/s1. The number of phosphoric acid groups is 2. The maximum Gasteiger partial charge on any atom is 0.472 e. The van der Waals surface area contributed by atoms with Crippen molar-refractivity contribution in [3.63, 3.8) is 0 Å². The first-order valence-electron chi connectivity index (χ1n) is 35.7. The van der Waals surface area contributed by atoms with Gasteiger partial charge in [0.2, 0.25) is 0 Å². The summed E-state index contributed by atoms with van der Waals surface area (Å²) in [5.74, 6) is 0.819. The molecule has 19 heteroatoms. The normalized spacial score (nSPS) is 14.6. The molecule has 522 valence electrons. The highest BCUT2D eigenvalue weighted by Crippen LogP contribution is 2.45. The number of rotatable bonds is 66. The molecule has 0 radical (unpaired) electrons. The topological polar surface area (TPSA) is 237 Å². The van der Waals surface area contributed by atoms with E-state index in [-0.39, 0.29) is 25.7 Å². The first kappa shape index (κ1) is 86.1. The molecule has 0 aromatic heterocycles. The van der Waals surface area contributed by atoms with Gasteiger partial charge in [-0.2, -0.15) is 0 Å². The second-order valence-electron chi connectivity index (χ2n) is 26.6. The molecule has 3 N–H and O–H groups in total. The first-order chi connectivity index (χ1) is 42.1. The van der Waals surface area contributed by atoms with E-state index in [9.17, 15) is 43.2 Å². The zero-order valence-corrected chi connectivity index (χ0v) is 59.1. The Kier molecular flexibility index (Phi) is 57.6. The fourth-order valence-corrected chi connectivity index (χ4v) is 11.9. The molecule has 0 fully saturated rings. The van der Waals surface area contributed by atoms with Gasteiger partial charge in [0.05, 0.1) is 26.4 Å². The predicted molar refractivity (Wildman–Crippen MR) is 354 cm³/mol. The predicted octanol–water partition coefficient (Wildman–Crippen LogP) is 19.3. The minimum absolute atomic E-state index is 0.105. The molecular formula is C69H134O17P2. The maximum atomic E-state index is 13.0. The third kappa shape index (κ3) is 61.6. The molecule has 0 bridgehead atoms. The van der Waals surface area contributed by atoms with E-state index in [2.05, 4.69) is 55.4 Å². The van der Waals surface area contributed by atoms with Crippen molar-refractivity contribution in [3.8, 4) is 0 Å². The molecule has 0 spiro atoms. The molecule has 88 heavy (non-hydrogen) atoms. The van der Waals surface area contributed by atoms with Gasteiger partial charge in [0.15, 0.2) is 12.2 Å². The monoisotopic (exact) mass is 1300 g/mol. The summed E-state index contributed by atoms with van der Waals surface area (Å²) in [5, 5.41) is 10.6. The average molecular weight is 1300 g/mol. The van der Waals surface area contributed by atoms with Crippen molar-refractivity contribution in [1.29, 1.82) is 0 Å². The van der Waals surface area contributed by atoms with Gasteiger partial charge in [0.25, 0.3) is 0 Å². The number of phosphoric ester groups is 2. The number of aliphatic hydroxyl groups excluding tert-OH is 1. The molecule has 0 saturated heterocycles. The van der Waals surface area contributed by atoms with E-state index < -0.39 is 97.5 Å². The molecule has 0 aliphatic heterocycles. The van der Waals surface area contributed by atoms with Crippen LogP contribution in [0.25, 0.3) is 0 Å². The van der Waals surface area contributed by atoms with Gasteiger partial charge in [-0.25, -0.2) is 9.13 Å². The lowest BCUT2D eigenvalue weighted by Gasteiger charge is -2.21. The van der Waals surface area contributed by atoms with Crippen LogP contribution < -0.4 is 0 Å². The molecular weight excluding hydrogens is 1160 g/mol. The van der Waals surface area contributed by atoms with Crippen LogP contribution >= 0.6 is 15.6 Å². The van der Waals surface area contributed by atoms with Crippen LogP contribution in [0.2, 0.25) is 0 Å².